The van der Waals surface area contributed by atoms with Gasteiger partial charge in [0, 0.05) is 17.1 Å². The number of hydrogen-bond acceptors (Lipinski definition) is 3. The van der Waals surface area contributed by atoms with Crippen molar-refractivity contribution in [2.75, 3.05) is 12.4 Å². The van der Waals surface area contributed by atoms with Crippen molar-refractivity contribution >= 4 is 37.5 Å². The highest BCUT2D eigenvalue weighted by Crippen LogP contribution is 2.28. The standard InChI is InChI=1S/C14H13Br2NO2/c1-19-10-3-4-11(15)13(7-10)17-8-9-2-5-14(18)12(16)6-9/h2-7,17-18H,8H2,1H3. The molecular weight excluding hydrogens is 374 g/mol. The quantitative estimate of drug-likeness (QED) is 0.810. The number of anilines is 1. The maximum Gasteiger partial charge on any atom is 0.129 e. The van der Waals surface area contributed by atoms with Gasteiger partial charge in [0.2, 0.25) is 0 Å². The lowest BCUT2D eigenvalue weighted by Gasteiger charge is -2.11. The molecule has 0 spiro atoms. The Morgan fingerprint density at radius 3 is 2.58 bits per heavy atom. The first-order valence-electron chi connectivity index (χ1n) is 5.65. The van der Waals surface area contributed by atoms with Gasteiger partial charge in [-0.2, -0.15) is 0 Å². The molecule has 0 amide bonds. The molecule has 0 saturated heterocycles. The Labute approximate surface area is 128 Å². The predicted molar refractivity (Wildman–Crippen MR) is 83.8 cm³/mol. The van der Waals surface area contributed by atoms with Crippen molar-refractivity contribution in [2.24, 2.45) is 0 Å². The Morgan fingerprint density at radius 2 is 1.89 bits per heavy atom. The minimum Gasteiger partial charge on any atom is -0.507 e. The molecule has 2 aromatic carbocycles. The minimum atomic E-state index is 0.242. The fourth-order valence-electron chi connectivity index (χ4n) is 1.62. The molecular formula is C14H13Br2NO2. The zero-order valence-electron chi connectivity index (χ0n) is 10.3. The molecule has 0 aromatic heterocycles. The maximum absolute atomic E-state index is 9.45. The summed E-state index contributed by atoms with van der Waals surface area (Å²) in [6.45, 7) is 0.657. The van der Waals surface area contributed by atoms with Crippen LogP contribution in [0.2, 0.25) is 0 Å². The number of methoxy groups -OCH3 is 1. The van der Waals surface area contributed by atoms with E-state index in [1.807, 2.05) is 30.3 Å². The molecule has 0 aliphatic heterocycles. The van der Waals surface area contributed by atoms with Crippen LogP contribution in [0.4, 0.5) is 5.69 Å². The van der Waals surface area contributed by atoms with Crippen LogP contribution in [0, 0.1) is 0 Å². The lowest BCUT2D eigenvalue weighted by atomic mass is 10.2. The third kappa shape index (κ3) is 3.64. The fourth-order valence-corrected chi connectivity index (χ4v) is 2.44. The average molecular weight is 387 g/mol. The molecule has 0 fully saturated rings. The summed E-state index contributed by atoms with van der Waals surface area (Å²) in [6, 6.07) is 11.2. The van der Waals surface area contributed by atoms with Gasteiger partial charge >= 0.3 is 0 Å². The molecule has 2 N–H and O–H groups in total. The Balaban J connectivity index is 2.11. The normalized spacial score (nSPS) is 10.3. The van der Waals surface area contributed by atoms with Gasteiger partial charge in [-0.1, -0.05) is 6.07 Å². The summed E-state index contributed by atoms with van der Waals surface area (Å²) in [4.78, 5) is 0. The van der Waals surface area contributed by atoms with E-state index in [-0.39, 0.29) is 5.75 Å². The topological polar surface area (TPSA) is 41.5 Å². The van der Waals surface area contributed by atoms with Crippen LogP contribution < -0.4 is 10.1 Å². The molecule has 0 aliphatic carbocycles. The smallest absolute Gasteiger partial charge is 0.129 e. The van der Waals surface area contributed by atoms with Crippen molar-refractivity contribution in [1.29, 1.82) is 0 Å². The van der Waals surface area contributed by atoms with E-state index < -0.39 is 0 Å². The van der Waals surface area contributed by atoms with Crippen molar-refractivity contribution in [3.63, 3.8) is 0 Å². The van der Waals surface area contributed by atoms with Gasteiger partial charge in [0.25, 0.3) is 0 Å². The summed E-state index contributed by atoms with van der Waals surface area (Å²) >= 11 is 6.79. The summed E-state index contributed by atoms with van der Waals surface area (Å²) in [5, 5.41) is 12.8. The number of aromatic hydroxyl groups is 1. The van der Waals surface area contributed by atoms with Crippen molar-refractivity contribution in [1.82, 2.24) is 0 Å². The second-order valence-electron chi connectivity index (χ2n) is 3.99. The molecule has 19 heavy (non-hydrogen) atoms. The number of rotatable bonds is 4. The molecule has 0 unspecified atom stereocenters. The predicted octanol–water partition coefficient (Wildman–Crippen LogP) is 4.54. The molecule has 3 nitrogen and oxygen atoms in total. The van der Waals surface area contributed by atoms with E-state index in [0.29, 0.717) is 11.0 Å². The third-order valence-electron chi connectivity index (χ3n) is 2.67. The van der Waals surface area contributed by atoms with Crippen molar-refractivity contribution in [3.8, 4) is 11.5 Å². The monoisotopic (exact) mass is 385 g/mol. The number of halogens is 2. The second-order valence-corrected chi connectivity index (χ2v) is 5.69. The van der Waals surface area contributed by atoms with Crippen molar-refractivity contribution in [2.45, 2.75) is 6.54 Å². The number of phenolic OH excluding ortho intramolecular Hbond substituents is 1. The summed E-state index contributed by atoms with van der Waals surface area (Å²) in [6.07, 6.45) is 0. The van der Waals surface area contributed by atoms with E-state index in [0.717, 1.165) is 21.5 Å². The third-order valence-corrected chi connectivity index (χ3v) is 4.00. The number of benzene rings is 2. The van der Waals surface area contributed by atoms with Gasteiger partial charge in [-0.3, -0.25) is 0 Å². The molecule has 5 heteroatoms. The summed E-state index contributed by atoms with van der Waals surface area (Å²) in [7, 11) is 1.64. The van der Waals surface area contributed by atoms with Crippen LogP contribution in [-0.2, 0) is 6.54 Å². The van der Waals surface area contributed by atoms with Crippen LogP contribution >= 0.6 is 31.9 Å². The van der Waals surface area contributed by atoms with E-state index in [1.54, 1.807) is 13.2 Å². The number of ether oxygens (including phenoxy) is 1. The van der Waals surface area contributed by atoms with Gasteiger partial charge in [0.1, 0.15) is 11.5 Å². The first kappa shape index (κ1) is 14.2. The Kier molecular flexibility index (Phi) is 4.71. The Morgan fingerprint density at radius 1 is 1.11 bits per heavy atom. The molecule has 0 bridgehead atoms. The summed E-state index contributed by atoms with van der Waals surface area (Å²) in [5.74, 6) is 1.05. The molecule has 0 radical (unpaired) electrons. The molecule has 0 atom stereocenters. The zero-order valence-corrected chi connectivity index (χ0v) is 13.5. The molecule has 2 aromatic rings. The number of nitrogens with one attached hydrogen (secondary N) is 1. The summed E-state index contributed by atoms with van der Waals surface area (Å²) in [5.41, 5.74) is 2.03. The van der Waals surface area contributed by atoms with E-state index in [4.69, 9.17) is 4.74 Å². The summed E-state index contributed by atoms with van der Waals surface area (Å²) < 4.78 is 6.86. The van der Waals surface area contributed by atoms with Crippen LogP contribution in [0.15, 0.2) is 45.3 Å². The molecule has 2 rings (SSSR count). The molecule has 100 valence electrons. The lowest BCUT2D eigenvalue weighted by molar-refractivity contribution is 0.415. The van der Waals surface area contributed by atoms with E-state index in [1.165, 1.54) is 0 Å². The van der Waals surface area contributed by atoms with Gasteiger partial charge < -0.3 is 15.2 Å². The maximum atomic E-state index is 9.45. The molecule has 0 aliphatic rings. The lowest BCUT2D eigenvalue weighted by Crippen LogP contribution is -2.00. The average Bonchev–Trinajstić information content (AvgIpc) is 2.41. The zero-order chi connectivity index (χ0) is 13.8. The van der Waals surface area contributed by atoms with E-state index in [2.05, 4.69) is 37.2 Å². The number of phenols is 1. The van der Waals surface area contributed by atoms with Gasteiger partial charge in [-0.05, 0) is 61.7 Å². The highest BCUT2D eigenvalue weighted by Gasteiger charge is 2.03. The van der Waals surface area contributed by atoms with Crippen molar-refractivity contribution in [3.05, 3.63) is 50.9 Å². The van der Waals surface area contributed by atoms with Crippen LogP contribution in [0.3, 0.4) is 0 Å². The van der Waals surface area contributed by atoms with E-state index >= 15 is 0 Å². The minimum absolute atomic E-state index is 0.242. The Hall–Kier alpha value is -1.20. The van der Waals surface area contributed by atoms with Crippen LogP contribution in [0.1, 0.15) is 5.56 Å². The highest BCUT2D eigenvalue weighted by atomic mass is 79.9. The first-order valence-corrected chi connectivity index (χ1v) is 7.23. The van der Waals surface area contributed by atoms with Gasteiger partial charge in [-0.25, -0.2) is 0 Å². The molecule has 0 heterocycles. The number of hydrogen-bond donors (Lipinski definition) is 2. The second kappa shape index (κ2) is 6.30. The van der Waals surface area contributed by atoms with Crippen molar-refractivity contribution < 1.29 is 9.84 Å². The first-order chi connectivity index (χ1) is 9.10. The van der Waals surface area contributed by atoms with Crippen LogP contribution in [0.5, 0.6) is 11.5 Å². The van der Waals surface area contributed by atoms with Gasteiger partial charge in [0.05, 0.1) is 17.3 Å². The Bertz CT molecular complexity index is 588. The highest BCUT2D eigenvalue weighted by molar-refractivity contribution is 9.11. The largest absolute Gasteiger partial charge is 0.507 e. The van der Waals surface area contributed by atoms with Gasteiger partial charge in [0.15, 0.2) is 0 Å². The van der Waals surface area contributed by atoms with Crippen LogP contribution in [0.25, 0.3) is 0 Å². The van der Waals surface area contributed by atoms with Crippen LogP contribution in [-0.4, -0.2) is 12.2 Å². The molecule has 0 saturated carbocycles. The SMILES string of the molecule is COc1ccc(Br)c(NCc2ccc(O)c(Br)c2)c1. The fraction of sp³-hybridized carbons (Fsp3) is 0.143. The van der Waals surface area contributed by atoms with Gasteiger partial charge in [-0.15, -0.1) is 0 Å². The van der Waals surface area contributed by atoms with E-state index in [9.17, 15) is 5.11 Å².